The molecule has 1 aliphatic rings. The Morgan fingerprint density at radius 1 is 1.31 bits per heavy atom. The molecule has 0 unspecified atom stereocenters. The molecule has 0 heterocycles. The number of hydrogen-bond donors (Lipinski definition) is 0. The monoisotopic (exact) mass is 244 g/mol. The minimum atomic E-state index is 0.710. The summed E-state index contributed by atoms with van der Waals surface area (Å²) in [5.41, 5.74) is 1.59. The zero-order chi connectivity index (χ0) is 9.68. The summed E-state index contributed by atoms with van der Waals surface area (Å²) < 4.78 is 0. The lowest BCUT2D eigenvalue weighted by atomic mass is 9.86. The van der Waals surface area contributed by atoms with E-state index in [1.54, 1.807) is 5.57 Å². The van der Waals surface area contributed by atoms with Crippen LogP contribution in [0.5, 0.6) is 0 Å². The molecule has 0 spiro atoms. The summed E-state index contributed by atoms with van der Waals surface area (Å²) in [6.07, 6.45) is 9.70. The molecule has 1 rings (SSSR count). The van der Waals surface area contributed by atoms with E-state index >= 15 is 0 Å². The van der Waals surface area contributed by atoms with E-state index in [-0.39, 0.29) is 0 Å². The fourth-order valence-corrected chi connectivity index (χ4v) is 2.83. The summed E-state index contributed by atoms with van der Waals surface area (Å²) >= 11 is 3.57. The molecule has 1 aliphatic carbocycles. The molecule has 0 atom stereocenters. The van der Waals surface area contributed by atoms with Crippen LogP contribution < -0.4 is 0 Å². The van der Waals surface area contributed by atoms with Crippen LogP contribution in [0.15, 0.2) is 11.6 Å². The predicted octanol–water partition coefficient (Wildman–Crippen LogP) is 4.54. The van der Waals surface area contributed by atoms with Crippen molar-refractivity contribution in [3.63, 3.8) is 0 Å². The van der Waals surface area contributed by atoms with Gasteiger partial charge in [0.2, 0.25) is 0 Å². The summed E-state index contributed by atoms with van der Waals surface area (Å²) in [7, 11) is 0. The Labute approximate surface area is 90.9 Å². The van der Waals surface area contributed by atoms with Gasteiger partial charge in [0.05, 0.1) is 0 Å². The van der Waals surface area contributed by atoms with Crippen molar-refractivity contribution in [3.05, 3.63) is 11.6 Å². The Balaban J connectivity index is 2.49. The van der Waals surface area contributed by atoms with Crippen LogP contribution in [0.25, 0.3) is 0 Å². The second kappa shape index (κ2) is 5.85. The fraction of sp³-hybridized carbons (Fsp3) is 0.833. The van der Waals surface area contributed by atoms with Gasteiger partial charge < -0.3 is 0 Å². The van der Waals surface area contributed by atoms with E-state index in [0.717, 1.165) is 11.2 Å². The molecule has 13 heavy (non-hydrogen) atoms. The Bertz CT molecular complexity index is 164. The second-order valence-electron chi connectivity index (χ2n) is 4.43. The van der Waals surface area contributed by atoms with Gasteiger partial charge in [0.25, 0.3) is 0 Å². The van der Waals surface area contributed by atoms with Gasteiger partial charge >= 0.3 is 0 Å². The topological polar surface area (TPSA) is 0 Å². The van der Waals surface area contributed by atoms with Crippen molar-refractivity contribution in [3.8, 4) is 0 Å². The number of alkyl halides is 1. The average Bonchev–Trinajstić information content (AvgIpc) is 2.15. The van der Waals surface area contributed by atoms with E-state index in [4.69, 9.17) is 0 Å². The van der Waals surface area contributed by atoms with Gasteiger partial charge in [-0.2, -0.15) is 0 Å². The zero-order valence-electron chi connectivity index (χ0n) is 8.85. The van der Waals surface area contributed by atoms with Gasteiger partial charge in [-0.05, 0) is 24.7 Å². The molecule has 0 aromatic carbocycles. The van der Waals surface area contributed by atoms with Gasteiger partial charge in [0, 0.05) is 5.33 Å². The molecule has 0 aromatic rings. The Morgan fingerprint density at radius 3 is 2.38 bits per heavy atom. The molecule has 0 aliphatic heterocycles. The SMILES string of the molecule is CC(C)C(=CC1CCCCC1)CBr. The summed E-state index contributed by atoms with van der Waals surface area (Å²) in [5, 5.41) is 1.06. The van der Waals surface area contributed by atoms with Crippen LogP contribution in [0.3, 0.4) is 0 Å². The summed E-state index contributed by atoms with van der Waals surface area (Å²) in [6, 6.07) is 0. The summed E-state index contributed by atoms with van der Waals surface area (Å²) in [6.45, 7) is 4.58. The molecular formula is C12H21Br. The van der Waals surface area contributed by atoms with E-state index in [0.29, 0.717) is 5.92 Å². The largest absolute Gasteiger partial charge is 0.0880 e. The Morgan fingerprint density at radius 2 is 1.92 bits per heavy atom. The van der Waals surface area contributed by atoms with Crippen molar-refractivity contribution in [1.82, 2.24) is 0 Å². The molecule has 1 saturated carbocycles. The molecule has 0 saturated heterocycles. The van der Waals surface area contributed by atoms with Crippen molar-refractivity contribution in [2.24, 2.45) is 11.8 Å². The lowest BCUT2D eigenvalue weighted by Gasteiger charge is -2.20. The highest BCUT2D eigenvalue weighted by molar-refractivity contribution is 9.09. The molecule has 0 amide bonds. The van der Waals surface area contributed by atoms with Crippen molar-refractivity contribution in [2.75, 3.05) is 5.33 Å². The molecule has 0 nitrogen and oxygen atoms in total. The van der Waals surface area contributed by atoms with Crippen LogP contribution in [-0.4, -0.2) is 5.33 Å². The normalized spacial score (nSPS) is 21.1. The van der Waals surface area contributed by atoms with Gasteiger partial charge in [0.15, 0.2) is 0 Å². The van der Waals surface area contributed by atoms with Crippen LogP contribution in [0.4, 0.5) is 0 Å². The molecule has 0 bridgehead atoms. The summed E-state index contributed by atoms with van der Waals surface area (Å²) in [4.78, 5) is 0. The van der Waals surface area contributed by atoms with Gasteiger partial charge in [-0.3, -0.25) is 0 Å². The molecule has 1 fully saturated rings. The highest BCUT2D eigenvalue weighted by Crippen LogP contribution is 2.27. The first-order valence-electron chi connectivity index (χ1n) is 5.50. The third-order valence-corrected chi connectivity index (χ3v) is 3.64. The van der Waals surface area contributed by atoms with E-state index in [9.17, 15) is 0 Å². The van der Waals surface area contributed by atoms with Crippen molar-refractivity contribution in [1.29, 1.82) is 0 Å². The van der Waals surface area contributed by atoms with Crippen LogP contribution >= 0.6 is 15.9 Å². The van der Waals surface area contributed by atoms with Crippen LogP contribution in [0, 0.1) is 11.8 Å². The van der Waals surface area contributed by atoms with Gasteiger partial charge in [0.1, 0.15) is 0 Å². The number of allylic oxidation sites excluding steroid dienone is 2. The van der Waals surface area contributed by atoms with E-state index in [2.05, 4.69) is 35.9 Å². The first kappa shape index (κ1) is 11.3. The second-order valence-corrected chi connectivity index (χ2v) is 4.99. The smallest absolute Gasteiger partial charge is 0.0244 e. The predicted molar refractivity (Wildman–Crippen MR) is 63.3 cm³/mol. The van der Waals surface area contributed by atoms with Crippen molar-refractivity contribution in [2.45, 2.75) is 46.0 Å². The molecule has 1 heteroatoms. The number of halogens is 1. The lowest BCUT2D eigenvalue weighted by molar-refractivity contribution is 0.416. The van der Waals surface area contributed by atoms with Crippen molar-refractivity contribution < 1.29 is 0 Å². The number of hydrogen-bond acceptors (Lipinski definition) is 0. The Kier molecular flexibility index (Phi) is 5.08. The number of rotatable bonds is 3. The third-order valence-electron chi connectivity index (χ3n) is 3.00. The maximum atomic E-state index is 3.57. The fourth-order valence-electron chi connectivity index (χ4n) is 1.99. The maximum absolute atomic E-state index is 3.57. The standard InChI is InChI=1S/C12H21Br/c1-10(2)12(9-13)8-11-6-4-3-5-7-11/h8,10-11H,3-7,9H2,1-2H3. The molecule has 0 radical (unpaired) electrons. The van der Waals surface area contributed by atoms with Gasteiger partial charge in [-0.25, -0.2) is 0 Å². The first-order valence-corrected chi connectivity index (χ1v) is 6.62. The minimum absolute atomic E-state index is 0.710. The lowest BCUT2D eigenvalue weighted by Crippen LogP contribution is -2.06. The maximum Gasteiger partial charge on any atom is 0.0244 e. The van der Waals surface area contributed by atoms with E-state index in [1.165, 1.54) is 32.1 Å². The third kappa shape index (κ3) is 3.84. The Hall–Kier alpha value is 0.220. The molecule has 0 N–H and O–H groups in total. The van der Waals surface area contributed by atoms with Crippen LogP contribution in [0.1, 0.15) is 46.0 Å². The molecule has 76 valence electrons. The van der Waals surface area contributed by atoms with Crippen LogP contribution in [0.2, 0.25) is 0 Å². The average molecular weight is 245 g/mol. The highest BCUT2D eigenvalue weighted by atomic mass is 79.9. The van der Waals surface area contributed by atoms with Crippen molar-refractivity contribution >= 4 is 15.9 Å². The van der Waals surface area contributed by atoms with E-state index in [1.807, 2.05) is 0 Å². The summed E-state index contributed by atoms with van der Waals surface area (Å²) in [5.74, 6) is 1.59. The first-order chi connectivity index (χ1) is 6.24. The molecule has 0 aromatic heterocycles. The van der Waals surface area contributed by atoms with Crippen LogP contribution in [-0.2, 0) is 0 Å². The molecular weight excluding hydrogens is 224 g/mol. The quantitative estimate of drug-likeness (QED) is 0.505. The van der Waals surface area contributed by atoms with Gasteiger partial charge in [-0.15, -0.1) is 0 Å². The highest BCUT2D eigenvalue weighted by Gasteiger charge is 2.12. The zero-order valence-corrected chi connectivity index (χ0v) is 10.4. The van der Waals surface area contributed by atoms with E-state index < -0.39 is 0 Å². The minimum Gasteiger partial charge on any atom is -0.0880 e. The van der Waals surface area contributed by atoms with Gasteiger partial charge in [-0.1, -0.05) is 60.7 Å².